The minimum atomic E-state index is 0.530. The zero-order valence-corrected chi connectivity index (χ0v) is 9.26. The van der Waals surface area contributed by atoms with Gasteiger partial charge in [0.25, 0.3) is 0 Å². The maximum Gasteiger partial charge on any atom is 0.218 e. The normalized spacial score (nSPS) is 10.9. The van der Waals surface area contributed by atoms with Crippen LogP contribution in [0.5, 0.6) is 0 Å². The van der Waals surface area contributed by atoms with Crippen LogP contribution < -0.4 is 5.73 Å². The molecule has 0 amide bonds. The molecule has 0 fully saturated rings. The van der Waals surface area contributed by atoms with Crippen LogP contribution in [0.3, 0.4) is 0 Å². The molecule has 0 aliphatic rings. The number of nitrogens with zero attached hydrogens (tertiary/aromatic N) is 4. The molecule has 16 heavy (non-hydrogen) atoms. The fraction of sp³-hybridized carbons (Fsp3) is 0.500. The summed E-state index contributed by atoms with van der Waals surface area (Å²) in [6.45, 7) is 3.30. The van der Waals surface area contributed by atoms with Crippen molar-refractivity contribution >= 4 is 0 Å². The van der Waals surface area contributed by atoms with Crippen LogP contribution in [0.15, 0.2) is 16.8 Å². The van der Waals surface area contributed by atoms with E-state index in [2.05, 4.69) is 15.2 Å². The smallest absolute Gasteiger partial charge is 0.218 e. The summed E-state index contributed by atoms with van der Waals surface area (Å²) in [6.07, 6.45) is 5.07. The van der Waals surface area contributed by atoms with Gasteiger partial charge >= 0.3 is 0 Å². The first-order chi connectivity index (χ1) is 7.79. The molecule has 0 aliphatic heterocycles. The average molecular weight is 221 g/mol. The van der Waals surface area contributed by atoms with Crippen LogP contribution in [-0.4, -0.2) is 26.3 Å². The zero-order valence-electron chi connectivity index (χ0n) is 9.26. The molecule has 2 rings (SSSR count). The summed E-state index contributed by atoms with van der Waals surface area (Å²) in [5.41, 5.74) is 5.40. The first-order valence-corrected chi connectivity index (χ1v) is 5.28. The maximum absolute atomic E-state index is 5.43. The average Bonchev–Trinajstić information content (AvgIpc) is 2.86. The van der Waals surface area contributed by atoms with E-state index in [1.54, 1.807) is 6.20 Å². The number of nitrogens with two attached hydrogens (primary N) is 1. The number of hydrogen-bond donors (Lipinski definition) is 1. The van der Waals surface area contributed by atoms with Gasteiger partial charge in [0, 0.05) is 38.3 Å². The van der Waals surface area contributed by atoms with E-state index in [4.69, 9.17) is 10.2 Å². The Labute approximate surface area is 93.5 Å². The van der Waals surface area contributed by atoms with Crippen LogP contribution in [0.2, 0.25) is 0 Å². The number of hydrogen-bond acceptors (Lipinski definition) is 5. The molecule has 0 aromatic carbocycles. The van der Waals surface area contributed by atoms with Gasteiger partial charge < -0.3 is 14.7 Å². The van der Waals surface area contributed by atoms with E-state index >= 15 is 0 Å². The van der Waals surface area contributed by atoms with Gasteiger partial charge in [-0.25, -0.2) is 4.98 Å². The minimum absolute atomic E-state index is 0.530. The van der Waals surface area contributed by atoms with Gasteiger partial charge in [0.15, 0.2) is 0 Å². The molecule has 2 heterocycles. The van der Waals surface area contributed by atoms with Crippen molar-refractivity contribution in [2.45, 2.75) is 26.3 Å². The van der Waals surface area contributed by atoms with Crippen molar-refractivity contribution in [1.82, 2.24) is 19.7 Å². The quantitative estimate of drug-likeness (QED) is 0.786. The standard InChI is InChI=1S/C10H15N5O/c1-8-12-5-7-15(8)6-3-10-14-13-9(16-10)2-4-11/h5,7H,2-4,6,11H2,1H3. The molecule has 0 saturated heterocycles. The highest BCUT2D eigenvalue weighted by Gasteiger charge is 2.05. The highest BCUT2D eigenvalue weighted by atomic mass is 16.4. The summed E-state index contributed by atoms with van der Waals surface area (Å²) in [5, 5.41) is 7.86. The molecule has 0 radical (unpaired) electrons. The van der Waals surface area contributed by atoms with Crippen molar-refractivity contribution in [1.29, 1.82) is 0 Å². The van der Waals surface area contributed by atoms with E-state index < -0.39 is 0 Å². The molecular weight excluding hydrogens is 206 g/mol. The van der Waals surface area contributed by atoms with E-state index in [9.17, 15) is 0 Å². The van der Waals surface area contributed by atoms with Gasteiger partial charge in [-0.2, -0.15) is 0 Å². The third kappa shape index (κ3) is 2.46. The number of aromatic nitrogens is 4. The Balaban J connectivity index is 1.92. The van der Waals surface area contributed by atoms with E-state index in [1.807, 2.05) is 17.7 Å². The zero-order chi connectivity index (χ0) is 11.4. The molecule has 0 spiro atoms. The van der Waals surface area contributed by atoms with Gasteiger partial charge in [0.05, 0.1) is 0 Å². The first-order valence-electron chi connectivity index (χ1n) is 5.28. The molecule has 2 aromatic rings. The lowest BCUT2D eigenvalue weighted by atomic mass is 10.4. The summed E-state index contributed by atoms with van der Waals surface area (Å²) >= 11 is 0. The lowest BCUT2D eigenvalue weighted by molar-refractivity contribution is 0.438. The second-order valence-electron chi connectivity index (χ2n) is 3.55. The predicted octanol–water partition coefficient (Wildman–Crippen LogP) is 0.318. The molecule has 0 bridgehead atoms. The Kier molecular flexibility index (Phi) is 3.31. The molecule has 2 N–H and O–H groups in total. The summed E-state index contributed by atoms with van der Waals surface area (Å²) in [6, 6.07) is 0. The second-order valence-corrected chi connectivity index (χ2v) is 3.55. The lowest BCUT2D eigenvalue weighted by Gasteiger charge is -2.01. The molecule has 6 nitrogen and oxygen atoms in total. The third-order valence-corrected chi connectivity index (χ3v) is 2.36. The molecule has 86 valence electrons. The molecule has 0 aliphatic carbocycles. The molecule has 2 aromatic heterocycles. The van der Waals surface area contributed by atoms with Crippen molar-refractivity contribution in [3.63, 3.8) is 0 Å². The van der Waals surface area contributed by atoms with Crippen LogP contribution in [0, 0.1) is 6.92 Å². The van der Waals surface area contributed by atoms with E-state index in [0.717, 1.165) is 18.8 Å². The highest BCUT2D eigenvalue weighted by Crippen LogP contribution is 2.04. The van der Waals surface area contributed by atoms with Crippen molar-refractivity contribution < 1.29 is 4.42 Å². The number of imidazole rings is 1. The largest absolute Gasteiger partial charge is 0.425 e. The van der Waals surface area contributed by atoms with E-state index in [-0.39, 0.29) is 0 Å². The molecular formula is C10H15N5O. The minimum Gasteiger partial charge on any atom is -0.425 e. The number of rotatable bonds is 5. The number of aryl methyl sites for hydroxylation is 3. The fourth-order valence-corrected chi connectivity index (χ4v) is 1.47. The van der Waals surface area contributed by atoms with E-state index in [1.165, 1.54) is 0 Å². The predicted molar refractivity (Wildman–Crippen MR) is 57.7 cm³/mol. The first kappa shape index (κ1) is 10.8. The van der Waals surface area contributed by atoms with Gasteiger partial charge in [0.1, 0.15) is 5.82 Å². The molecule has 0 unspecified atom stereocenters. The Morgan fingerprint density at radius 1 is 1.31 bits per heavy atom. The summed E-state index contributed by atoms with van der Waals surface area (Å²) in [7, 11) is 0. The summed E-state index contributed by atoms with van der Waals surface area (Å²) in [4.78, 5) is 4.14. The van der Waals surface area contributed by atoms with Crippen molar-refractivity contribution in [3.8, 4) is 0 Å². The Bertz CT molecular complexity index is 448. The van der Waals surface area contributed by atoms with Crippen LogP contribution in [0.1, 0.15) is 17.6 Å². The van der Waals surface area contributed by atoms with Crippen LogP contribution in [0.4, 0.5) is 0 Å². The van der Waals surface area contributed by atoms with Crippen LogP contribution >= 0.6 is 0 Å². The Morgan fingerprint density at radius 3 is 2.69 bits per heavy atom. The third-order valence-electron chi connectivity index (χ3n) is 2.36. The van der Waals surface area contributed by atoms with E-state index in [0.29, 0.717) is 24.7 Å². The van der Waals surface area contributed by atoms with Gasteiger partial charge in [0.2, 0.25) is 11.8 Å². The Hall–Kier alpha value is -1.69. The van der Waals surface area contributed by atoms with Crippen LogP contribution in [-0.2, 0) is 19.4 Å². The molecule has 0 saturated carbocycles. The van der Waals surface area contributed by atoms with Gasteiger partial charge in [-0.05, 0) is 6.92 Å². The lowest BCUT2D eigenvalue weighted by Crippen LogP contribution is -2.03. The SMILES string of the molecule is Cc1nccn1CCc1nnc(CCN)o1. The van der Waals surface area contributed by atoms with Gasteiger partial charge in [-0.1, -0.05) is 0 Å². The van der Waals surface area contributed by atoms with Crippen molar-refractivity contribution in [2.75, 3.05) is 6.54 Å². The maximum atomic E-state index is 5.43. The second kappa shape index (κ2) is 4.89. The topological polar surface area (TPSA) is 82.8 Å². The highest BCUT2D eigenvalue weighted by molar-refractivity contribution is 4.90. The Morgan fingerprint density at radius 2 is 2.06 bits per heavy atom. The fourth-order valence-electron chi connectivity index (χ4n) is 1.47. The summed E-state index contributed by atoms with van der Waals surface area (Å²) in [5.74, 6) is 2.25. The van der Waals surface area contributed by atoms with Crippen molar-refractivity contribution in [3.05, 3.63) is 30.0 Å². The summed E-state index contributed by atoms with van der Waals surface area (Å²) < 4.78 is 7.47. The molecule has 0 atom stereocenters. The molecule has 6 heteroatoms. The van der Waals surface area contributed by atoms with Crippen molar-refractivity contribution in [2.24, 2.45) is 5.73 Å². The van der Waals surface area contributed by atoms with Gasteiger partial charge in [-0.3, -0.25) is 0 Å². The van der Waals surface area contributed by atoms with Gasteiger partial charge in [-0.15, -0.1) is 10.2 Å². The monoisotopic (exact) mass is 221 g/mol. The van der Waals surface area contributed by atoms with Crippen LogP contribution in [0.25, 0.3) is 0 Å².